The van der Waals surface area contributed by atoms with Crippen LogP contribution in [0.2, 0.25) is 0 Å². The third-order valence-corrected chi connectivity index (χ3v) is 3.11. The number of aliphatic hydroxyl groups is 1. The predicted molar refractivity (Wildman–Crippen MR) is 63.8 cm³/mol. The molecule has 2 rings (SSSR count). The summed E-state index contributed by atoms with van der Waals surface area (Å²) in [5.74, 6) is -2.06. The minimum atomic E-state index is -0.875. The van der Waals surface area contributed by atoms with E-state index in [9.17, 15) is 13.6 Å². The van der Waals surface area contributed by atoms with Crippen LogP contribution < -0.4 is 0 Å². The summed E-state index contributed by atoms with van der Waals surface area (Å²) in [4.78, 5) is 13.6. The number of hydrogen-bond donors (Lipinski definition) is 1. The highest BCUT2D eigenvalue weighted by molar-refractivity contribution is 5.94. The van der Waals surface area contributed by atoms with Gasteiger partial charge in [-0.2, -0.15) is 0 Å². The van der Waals surface area contributed by atoms with Crippen molar-refractivity contribution in [3.8, 4) is 0 Å². The van der Waals surface area contributed by atoms with Crippen LogP contribution >= 0.6 is 0 Å². The highest BCUT2D eigenvalue weighted by atomic mass is 19.1. The standard InChI is InChI=1S/C13H15F2NO3/c1-8-4-10(12(15)5-11(8)14)13(18)16-2-3-19-9(6-16)7-17/h4-5,9,17H,2-3,6-7H2,1H3. The van der Waals surface area contributed by atoms with E-state index in [2.05, 4.69) is 0 Å². The lowest BCUT2D eigenvalue weighted by Crippen LogP contribution is -2.47. The first-order chi connectivity index (χ1) is 9.02. The molecular formula is C13H15F2NO3. The average Bonchev–Trinajstić information content (AvgIpc) is 2.42. The van der Waals surface area contributed by atoms with Crippen molar-refractivity contribution in [1.82, 2.24) is 4.90 Å². The molecule has 1 amide bonds. The number of ether oxygens (including phenoxy) is 1. The Morgan fingerprint density at radius 3 is 2.89 bits per heavy atom. The third kappa shape index (κ3) is 2.90. The SMILES string of the molecule is Cc1cc(C(=O)N2CCOC(CO)C2)c(F)cc1F. The number of carbonyl (C=O) groups is 1. The number of nitrogens with zero attached hydrogens (tertiary/aromatic N) is 1. The summed E-state index contributed by atoms with van der Waals surface area (Å²) in [6.45, 7) is 2.09. The normalized spacial score (nSPS) is 19.6. The van der Waals surface area contributed by atoms with Gasteiger partial charge in [-0.05, 0) is 18.6 Å². The van der Waals surface area contributed by atoms with Crippen LogP contribution in [-0.2, 0) is 4.74 Å². The minimum Gasteiger partial charge on any atom is -0.394 e. The third-order valence-electron chi connectivity index (χ3n) is 3.11. The molecule has 0 radical (unpaired) electrons. The van der Waals surface area contributed by atoms with E-state index in [-0.39, 0.29) is 24.3 Å². The summed E-state index contributed by atoms with van der Waals surface area (Å²) >= 11 is 0. The Morgan fingerprint density at radius 2 is 2.21 bits per heavy atom. The number of halogens is 2. The van der Waals surface area contributed by atoms with E-state index in [1.165, 1.54) is 17.9 Å². The molecule has 1 saturated heterocycles. The van der Waals surface area contributed by atoms with Gasteiger partial charge in [-0.25, -0.2) is 8.78 Å². The first-order valence-corrected chi connectivity index (χ1v) is 6.00. The lowest BCUT2D eigenvalue weighted by Gasteiger charge is -2.32. The first-order valence-electron chi connectivity index (χ1n) is 6.00. The van der Waals surface area contributed by atoms with Gasteiger partial charge in [0.1, 0.15) is 11.6 Å². The monoisotopic (exact) mass is 271 g/mol. The molecular weight excluding hydrogens is 256 g/mol. The van der Waals surface area contributed by atoms with Gasteiger partial charge >= 0.3 is 0 Å². The summed E-state index contributed by atoms with van der Waals surface area (Å²) in [5, 5.41) is 9.01. The highest BCUT2D eigenvalue weighted by Crippen LogP contribution is 2.17. The number of carbonyl (C=O) groups excluding carboxylic acids is 1. The Kier molecular flexibility index (Phi) is 4.11. The first kappa shape index (κ1) is 13.9. The van der Waals surface area contributed by atoms with Crippen LogP contribution in [0.25, 0.3) is 0 Å². The van der Waals surface area contributed by atoms with Gasteiger partial charge in [-0.3, -0.25) is 4.79 Å². The number of rotatable bonds is 2. The van der Waals surface area contributed by atoms with Crippen molar-refractivity contribution in [2.45, 2.75) is 13.0 Å². The number of hydrogen-bond acceptors (Lipinski definition) is 3. The van der Waals surface area contributed by atoms with Gasteiger partial charge in [0.25, 0.3) is 5.91 Å². The van der Waals surface area contributed by atoms with E-state index < -0.39 is 23.6 Å². The fourth-order valence-electron chi connectivity index (χ4n) is 2.01. The van der Waals surface area contributed by atoms with E-state index in [1.807, 2.05) is 0 Å². The van der Waals surface area contributed by atoms with Gasteiger partial charge in [0.15, 0.2) is 0 Å². The van der Waals surface area contributed by atoms with Gasteiger partial charge in [-0.1, -0.05) is 0 Å². The molecule has 1 atom stereocenters. The highest BCUT2D eigenvalue weighted by Gasteiger charge is 2.26. The molecule has 1 unspecified atom stereocenters. The number of benzene rings is 1. The molecule has 19 heavy (non-hydrogen) atoms. The maximum Gasteiger partial charge on any atom is 0.257 e. The molecule has 0 aliphatic carbocycles. The quantitative estimate of drug-likeness (QED) is 0.876. The van der Waals surface area contributed by atoms with Gasteiger partial charge in [0.2, 0.25) is 0 Å². The van der Waals surface area contributed by atoms with Crippen LogP contribution in [0.15, 0.2) is 12.1 Å². The van der Waals surface area contributed by atoms with Crippen molar-refractivity contribution >= 4 is 5.91 Å². The molecule has 0 aromatic heterocycles. The molecule has 1 fully saturated rings. The van der Waals surface area contributed by atoms with Crippen LogP contribution in [0, 0.1) is 18.6 Å². The van der Waals surface area contributed by atoms with Crippen molar-refractivity contribution in [3.63, 3.8) is 0 Å². The number of amides is 1. The zero-order chi connectivity index (χ0) is 14.0. The molecule has 1 N–H and O–H groups in total. The number of morpholine rings is 1. The second-order valence-corrected chi connectivity index (χ2v) is 4.51. The maximum atomic E-state index is 13.6. The second kappa shape index (κ2) is 5.63. The Labute approximate surface area is 109 Å². The van der Waals surface area contributed by atoms with Crippen LogP contribution in [0.4, 0.5) is 8.78 Å². The fraction of sp³-hybridized carbons (Fsp3) is 0.462. The van der Waals surface area contributed by atoms with E-state index in [0.717, 1.165) is 0 Å². The van der Waals surface area contributed by atoms with Crippen LogP contribution in [0.1, 0.15) is 15.9 Å². The van der Waals surface area contributed by atoms with E-state index in [4.69, 9.17) is 9.84 Å². The molecule has 1 aromatic rings. The van der Waals surface area contributed by atoms with Crippen molar-refractivity contribution in [1.29, 1.82) is 0 Å². The topological polar surface area (TPSA) is 49.8 Å². The molecule has 6 heteroatoms. The predicted octanol–water partition coefficient (Wildman–Crippen LogP) is 1.11. The van der Waals surface area contributed by atoms with Gasteiger partial charge < -0.3 is 14.7 Å². The Morgan fingerprint density at radius 1 is 1.47 bits per heavy atom. The van der Waals surface area contributed by atoms with E-state index in [0.29, 0.717) is 19.2 Å². The molecule has 104 valence electrons. The maximum absolute atomic E-state index is 13.6. The van der Waals surface area contributed by atoms with Gasteiger partial charge in [-0.15, -0.1) is 0 Å². The summed E-state index contributed by atoms with van der Waals surface area (Å²) in [6.07, 6.45) is -0.456. The van der Waals surface area contributed by atoms with E-state index >= 15 is 0 Å². The number of aliphatic hydroxyl groups excluding tert-OH is 1. The molecule has 0 saturated carbocycles. The van der Waals surface area contributed by atoms with Crippen molar-refractivity contribution in [3.05, 3.63) is 34.9 Å². The zero-order valence-electron chi connectivity index (χ0n) is 10.5. The zero-order valence-corrected chi connectivity index (χ0v) is 10.5. The molecule has 1 aliphatic rings. The molecule has 1 heterocycles. The fourth-order valence-corrected chi connectivity index (χ4v) is 2.01. The Hall–Kier alpha value is -1.53. The summed E-state index contributed by atoms with van der Waals surface area (Å²) in [6, 6.07) is 1.92. The van der Waals surface area contributed by atoms with Crippen molar-refractivity contribution in [2.75, 3.05) is 26.3 Å². The Balaban J connectivity index is 2.22. The van der Waals surface area contributed by atoms with E-state index in [1.54, 1.807) is 0 Å². The molecule has 1 aliphatic heterocycles. The van der Waals surface area contributed by atoms with Gasteiger partial charge in [0.05, 0.1) is 24.9 Å². The molecule has 0 bridgehead atoms. The summed E-state index contributed by atoms with van der Waals surface area (Å²) < 4.78 is 32.0. The Bertz CT molecular complexity index is 493. The lowest BCUT2D eigenvalue weighted by molar-refractivity contribution is -0.0448. The van der Waals surface area contributed by atoms with Gasteiger partial charge in [0, 0.05) is 19.2 Å². The van der Waals surface area contributed by atoms with Crippen LogP contribution in [-0.4, -0.2) is 48.3 Å². The summed E-state index contributed by atoms with van der Waals surface area (Å²) in [5.41, 5.74) is 0.0641. The van der Waals surface area contributed by atoms with Crippen LogP contribution in [0.5, 0.6) is 0 Å². The van der Waals surface area contributed by atoms with Crippen molar-refractivity contribution < 1.29 is 23.4 Å². The minimum absolute atomic E-state index is 0.155. The average molecular weight is 271 g/mol. The molecule has 0 spiro atoms. The number of aryl methyl sites for hydroxylation is 1. The second-order valence-electron chi connectivity index (χ2n) is 4.51. The smallest absolute Gasteiger partial charge is 0.257 e. The molecule has 4 nitrogen and oxygen atoms in total. The van der Waals surface area contributed by atoms with Crippen molar-refractivity contribution in [2.24, 2.45) is 0 Å². The largest absolute Gasteiger partial charge is 0.394 e. The lowest BCUT2D eigenvalue weighted by atomic mass is 10.1. The molecule has 1 aromatic carbocycles. The summed E-state index contributed by atoms with van der Waals surface area (Å²) in [7, 11) is 0. The van der Waals surface area contributed by atoms with Crippen LogP contribution in [0.3, 0.4) is 0 Å².